The lowest BCUT2D eigenvalue weighted by atomic mass is 10.2. The van der Waals surface area contributed by atoms with Gasteiger partial charge in [-0.25, -0.2) is 4.79 Å². The van der Waals surface area contributed by atoms with E-state index in [1.807, 2.05) is 20.8 Å². The number of hydrogen-bond donors (Lipinski definition) is 2. The SMILES string of the molecule is CCCCCCNC(=O)C1CC(NC(=O)OC(C)(C)C)S1. The number of hydrogen-bond acceptors (Lipinski definition) is 4. The van der Waals surface area contributed by atoms with Crippen molar-refractivity contribution in [1.29, 1.82) is 0 Å². The van der Waals surface area contributed by atoms with Crippen molar-refractivity contribution in [1.82, 2.24) is 10.6 Å². The van der Waals surface area contributed by atoms with Crippen LogP contribution in [0.15, 0.2) is 0 Å². The molecule has 1 heterocycles. The van der Waals surface area contributed by atoms with Crippen LogP contribution in [0.5, 0.6) is 0 Å². The molecule has 0 aromatic heterocycles. The summed E-state index contributed by atoms with van der Waals surface area (Å²) in [6.07, 6.45) is 4.87. The lowest BCUT2D eigenvalue weighted by molar-refractivity contribution is -0.121. The van der Waals surface area contributed by atoms with E-state index < -0.39 is 11.7 Å². The fourth-order valence-corrected chi connectivity index (χ4v) is 2.98. The van der Waals surface area contributed by atoms with E-state index in [4.69, 9.17) is 4.74 Å². The molecule has 5 nitrogen and oxygen atoms in total. The average molecular weight is 316 g/mol. The van der Waals surface area contributed by atoms with E-state index in [2.05, 4.69) is 17.6 Å². The molecule has 2 unspecified atom stereocenters. The molecular weight excluding hydrogens is 288 g/mol. The van der Waals surface area contributed by atoms with E-state index in [9.17, 15) is 9.59 Å². The third-order valence-corrected chi connectivity index (χ3v) is 4.43. The zero-order chi connectivity index (χ0) is 15.9. The molecule has 0 spiro atoms. The van der Waals surface area contributed by atoms with E-state index in [1.54, 1.807) is 0 Å². The number of ether oxygens (including phenoxy) is 1. The van der Waals surface area contributed by atoms with Gasteiger partial charge in [0, 0.05) is 6.54 Å². The first-order valence-corrected chi connectivity index (χ1v) is 8.69. The van der Waals surface area contributed by atoms with Crippen molar-refractivity contribution in [2.75, 3.05) is 6.54 Å². The van der Waals surface area contributed by atoms with Gasteiger partial charge >= 0.3 is 6.09 Å². The van der Waals surface area contributed by atoms with Crippen LogP contribution in [0.3, 0.4) is 0 Å². The molecule has 2 amide bonds. The third-order valence-electron chi connectivity index (χ3n) is 3.06. The van der Waals surface area contributed by atoms with Crippen molar-refractivity contribution in [3.8, 4) is 0 Å². The quantitative estimate of drug-likeness (QED) is 0.708. The fraction of sp³-hybridized carbons (Fsp3) is 0.867. The third kappa shape index (κ3) is 7.60. The molecule has 1 aliphatic rings. The summed E-state index contributed by atoms with van der Waals surface area (Å²) >= 11 is 1.48. The highest BCUT2D eigenvalue weighted by molar-refractivity contribution is 8.02. The maximum atomic E-state index is 11.8. The molecule has 2 N–H and O–H groups in total. The van der Waals surface area contributed by atoms with Gasteiger partial charge in [0.05, 0.1) is 10.6 Å². The second-order valence-electron chi connectivity index (χ2n) is 6.35. The molecular formula is C15H28N2O3S. The van der Waals surface area contributed by atoms with Gasteiger partial charge in [0.2, 0.25) is 5.91 Å². The Kier molecular flexibility index (Phi) is 7.35. The molecule has 2 atom stereocenters. The highest BCUT2D eigenvalue weighted by Gasteiger charge is 2.36. The summed E-state index contributed by atoms with van der Waals surface area (Å²) in [5.41, 5.74) is -0.492. The van der Waals surface area contributed by atoms with E-state index in [0.717, 1.165) is 19.4 Å². The number of thioether (sulfide) groups is 1. The maximum absolute atomic E-state index is 11.8. The smallest absolute Gasteiger partial charge is 0.408 e. The summed E-state index contributed by atoms with van der Waals surface area (Å²) < 4.78 is 5.18. The second kappa shape index (κ2) is 8.51. The van der Waals surface area contributed by atoms with Gasteiger partial charge in [-0.1, -0.05) is 26.2 Å². The minimum Gasteiger partial charge on any atom is -0.444 e. The summed E-state index contributed by atoms with van der Waals surface area (Å²) in [4.78, 5) is 23.4. The molecule has 0 aromatic carbocycles. The van der Waals surface area contributed by atoms with Crippen LogP contribution >= 0.6 is 11.8 Å². The number of nitrogens with one attached hydrogen (secondary N) is 2. The van der Waals surface area contributed by atoms with Crippen molar-refractivity contribution in [2.45, 2.75) is 76.0 Å². The Labute approximate surface area is 132 Å². The minimum atomic E-state index is -0.492. The number of amides is 2. The average Bonchev–Trinajstić information content (AvgIpc) is 2.30. The molecule has 1 aliphatic heterocycles. The number of alkyl carbamates (subject to hydrolysis) is 1. The van der Waals surface area contributed by atoms with Crippen molar-refractivity contribution >= 4 is 23.8 Å². The number of unbranched alkanes of at least 4 members (excludes halogenated alkanes) is 3. The van der Waals surface area contributed by atoms with Crippen LogP contribution < -0.4 is 10.6 Å². The van der Waals surface area contributed by atoms with Crippen molar-refractivity contribution < 1.29 is 14.3 Å². The van der Waals surface area contributed by atoms with Gasteiger partial charge in [-0.05, 0) is 33.6 Å². The van der Waals surface area contributed by atoms with Crippen molar-refractivity contribution in [3.05, 3.63) is 0 Å². The van der Waals surface area contributed by atoms with E-state index >= 15 is 0 Å². The molecule has 0 radical (unpaired) electrons. The molecule has 1 rings (SSSR count). The molecule has 0 aliphatic carbocycles. The molecule has 1 fully saturated rings. The first-order valence-electron chi connectivity index (χ1n) is 7.74. The zero-order valence-electron chi connectivity index (χ0n) is 13.5. The Bertz CT molecular complexity index is 349. The molecule has 0 aromatic rings. The van der Waals surface area contributed by atoms with Gasteiger partial charge in [-0.15, -0.1) is 11.8 Å². The van der Waals surface area contributed by atoms with Crippen LogP contribution in [0.25, 0.3) is 0 Å². The molecule has 0 bridgehead atoms. The van der Waals surface area contributed by atoms with Crippen LogP contribution in [-0.4, -0.2) is 34.8 Å². The Morgan fingerprint density at radius 3 is 2.48 bits per heavy atom. The Morgan fingerprint density at radius 2 is 1.90 bits per heavy atom. The van der Waals surface area contributed by atoms with Crippen LogP contribution in [0.1, 0.15) is 59.8 Å². The predicted molar refractivity (Wildman–Crippen MR) is 86.3 cm³/mol. The van der Waals surface area contributed by atoms with Crippen molar-refractivity contribution in [2.24, 2.45) is 0 Å². The van der Waals surface area contributed by atoms with E-state index in [-0.39, 0.29) is 16.5 Å². The maximum Gasteiger partial charge on any atom is 0.408 e. The summed E-state index contributed by atoms with van der Waals surface area (Å²) in [5.74, 6) is 0.0822. The molecule has 122 valence electrons. The highest BCUT2D eigenvalue weighted by atomic mass is 32.2. The number of rotatable bonds is 7. The van der Waals surface area contributed by atoms with Gasteiger partial charge in [0.1, 0.15) is 5.60 Å². The normalized spacial score (nSPS) is 21.3. The first kappa shape index (κ1) is 18.1. The summed E-state index contributed by atoms with van der Waals surface area (Å²) in [6, 6.07) is 0. The zero-order valence-corrected chi connectivity index (χ0v) is 14.3. The van der Waals surface area contributed by atoms with Gasteiger partial charge in [0.25, 0.3) is 0 Å². The number of carbonyl (C=O) groups is 2. The minimum absolute atomic E-state index is 0.0179. The molecule has 0 saturated carbocycles. The topological polar surface area (TPSA) is 67.4 Å². The van der Waals surface area contributed by atoms with Gasteiger partial charge in [-0.3, -0.25) is 4.79 Å². The lowest BCUT2D eigenvalue weighted by Gasteiger charge is -2.34. The summed E-state index contributed by atoms with van der Waals surface area (Å²) in [6.45, 7) is 8.40. The summed E-state index contributed by atoms with van der Waals surface area (Å²) in [7, 11) is 0. The highest BCUT2D eigenvalue weighted by Crippen LogP contribution is 2.34. The van der Waals surface area contributed by atoms with Crippen LogP contribution in [0.2, 0.25) is 0 Å². The van der Waals surface area contributed by atoms with Crippen LogP contribution in [0, 0.1) is 0 Å². The molecule has 6 heteroatoms. The van der Waals surface area contributed by atoms with Gasteiger partial charge < -0.3 is 15.4 Å². The lowest BCUT2D eigenvalue weighted by Crippen LogP contribution is -2.49. The molecule has 21 heavy (non-hydrogen) atoms. The fourth-order valence-electron chi connectivity index (χ4n) is 1.96. The first-order chi connectivity index (χ1) is 9.81. The monoisotopic (exact) mass is 316 g/mol. The second-order valence-corrected chi connectivity index (χ2v) is 7.76. The number of carbonyl (C=O) groups excluding carboxylic acids is 2. The predicted octanol–water partition coefficient (Wildman–Crippen LogP) is 3.04. The van der Waals surface area contributed by atoms with Crippen molar-refractivity contribution in [3.63, 3.8) is 0 Å². The Hall–Kier alpha value is -0.910. The van der Waals surface area contributed by atoms with E-state index in [1.165, 1.54) is 24.6 Å². The van der Waals surface area contributed by atoms with Gasteiger partial charge in [0.15, 0.2) is 0 Å². The van der Waals surface area contributed by atoms with Gasteiger partial charge in [-0.2, -0.15) is 0 Å². The Balaban J connectivity index is 2.09. The van der Waals surface area contributed by atoms with Crippen LogP contribution in [-0.2, 0) is 9.53 Å². The standard InChI is InChI=1S/C15H28N2O3S/c1-5-6-7-8-9-16-13(18)11-10-12(21-11)17-14(19)20-15(2,3)4/h11-12H,5-10H2,1-4H3,(H,16,18)(H,17,19). The van der Waals surface area contributed by atoms with Crippen LogP contribution in [0.4, 0.5) is 4.79 Å². The summed E-state index contributed by atoms with van der Waals surface area (Å²) in [5, 5.41) is 5.65. The van der Waals surface area contributed by atoms with E-state index in [0.29, 0.717) is 6.42 Å². The Morgan fingerprint density at radius 1 is 1.24 bits per heavy atom. The molecule has 1 saturated heterocycles. The largest absolute Gasteiger partial charge is 0.444 e.